The molecule has 7 heteroatoms. The van der Waals surface area contributed by atoms with Crippen molar-refractivity contribution in [2.45, 2.75) is 18.9 Å². The summed E-state index contributed by atoms with van der Waals surface area (Å²) in [4.78, 5) is 26.9. The molecule has 1 aromatic rings. The maximum atomic E-state index is 12.8. The zero-order chi connectivity index (χ0) is 17.9. The Hall–Kier alpha value is -1.73. The number of nitrogens with one attached hydrogen (secondary N) is 2. The lowest BCUT2D eigenvalue weighted by Gasteiger charge is -2.26. The van der Waals surface area contributed by atoms with Gasteiger partial charge < -0.3 is 20.3 Å². The largest absolute Gasteiger partial charge is 0.484 e. The van der Waals surface area contributed by atoms with Gasteiger partial charge in [0.15, 0.2) is 6.61 Å². The number of benzene rings is 1. The fourth-order valence-electron chi connectivity index (χ4n) is 2.68. The van der Waals surface area contributed by atoms with Crippen molar-refractivity contribution in [1.29, 1.82) is 0 Å². The molecule has 0 spiro atoms. The minimum Gasteiger partial charge on any atom is -0.484 e. The summed E-state index contributed by atoms with van der Waals surface area (Å²) in [7, 11) is 0. The minimum atomic E-state index is -0.488. The molecular formula is C18H27N3O3S. The molecule has 1 aliphatic heterocycles. The number of thioether (sulfide) groups is 1. The fraction of sp³-hybridized carbons (Fsp3) is 0.556. The molecule has 1 aliphatic rings. The van der Waals surface area contributed by atoms with Crippen molar-refractivity contribution in [2.24, 2.45) is 0 Å². The molecule has 2 rings (SSSR count). The highest BCUT2D eigenvalue weighted by Gasteiger charge is 2.26. The van der Waals surface area contributed by atoms with E-state index in [2.05, 4.69) is 10.6 Å². The lowest BCUT2D eigenvalue weighted by molar-refractivity contribution is -0.136. The average Bonchev–Trinajstić information content (AvgIpc) is 2.93. The van der Waals surface area contributed by atoms with E-state index >= 15 is 0 Å². The van der Waals surface area contributed by atoms with Crippen LogP contribution in [0.25, 0.3) is 0 Å². The van der Waals surface area contributed by atoms with E-state index in [9.17, 15) is 9.59 Å². The summed E-state index contributed by atoms with van der Waals surface area (Å²) in [6.45, 7) is 3.06. The summed E-state index contributed by atoms with van der Waals surface area (Å²) < 4.78 is 5.47. The van der Waals surface area contributed by atoms with Gasteiger partial charge in [-0.2, -0.15) is 11.8 Å². The first-order valence-corrected chi connectivity index (χ1v) is 10.1. The molecule has 2 N–H and O–H groups in total. The summed E-state index contributed by atoms with van der Waals surface area (Å²) >= 11 is 1.67. The molecule has 0 aromatic heterocycles. The zero-order valence-corrected chi connectivity index (χ0v) is 15.5. The predicted octanol–water partition coefficient (Wildman–Crippen LogP) is 1.13. The Morgan fingerprint density at radius 2 is 2.08 bits per heavy atom. The van der Waals surface area contributed by atoms with Crippen LogP contribution in [0.2, 0.25) is 0 Å². The quantitative estimate of drug-likeness (QED) is 0.723. The van der Waals surface area contributed by atoms with Crippen molar-refractivity contribution < 1.29 is 14.3 Å². The highest BCUT2D eigenvalue weighted by Crippen LogP contribution is 2.09. The third-order valence-corrected chi connectivity index (χ3v) is 4.65. The van der Waals surface area contributed by atoms with Crippen molar-refractivity contribution in [3.05, 3.63) is 30.3 Å². The molecule has 0 aliphatic carbocycles. The van der Waals surface area contributed by atoms with E-state index < -0.39 is 6.04 Å². The maximum Gasteiger partial charge on any atom is 0.258 e. The second kappa shape index (κ2) is 11.0. The minimum absolute atomic E-state index is 0.00538. The molecule has 1 aromatic carbocycles. The second-order valence-corrected chi connectivity index (χ2v) is 6.92. The van der Waals surface area contributed by atoms with Gasteiger partial charge in [-0.05, 0) is 43.5 Å². The highest BCUT2D eigenvalue weighted by atomic mass is 32.2. The first kappa shape index (κ1) is 19.6. The van der Waals surface area contributed by atoms with E-state index in [1.807, 2.05) is 29.4 Å². The van der Waals surface area contributed by atoms with Crippen molar-refractivity contribution >= 4 is 23.6 Å². The topological polar surface area (TPSA) is 70.7 Å². The van der Waals surface area contributed by atoms with E-state index in [-0.39, 0.29) is 18.4 Å². The Balaban J connectivity index is 1.88. The zero-order valence-electron chi connectivity index (χ0n) is 14.7. The third-order valence-electron chi connectivity index (χ3n) is 4.01. The summed E-state index contributed by atoms with van der Waals surface area (Å²) in [5, 5.41) is 6.14. The molecule has 1 unspecified atom stereocenters. The Kier molecular flexibility index (Phi) is 8.62. The number of hydrogen-bond acceptors (Lipinski definition) is 5. The molecule has 1 atom stereocenters. The molecule has 1 fully saturated rings. The van der Waals surface area contributed by atoms with Crippen molar-refractivity contribution in [2.75, 3.05) is 44.8 Å². The standard InChI is InChI=1S/C18H27N3O3S/c1-25-13-8-16(18(23)21-11-5-9-19-10-12-21)20-17(22)14-24-15-6-3-2-4-7-15/h2-4,6-7,16,19H,5,8-14H2,1H3,(H,20,22). The van der Waals surface area contributed by atoms with E-state index in [0.717, 1.165) is 31.8 Å². The van der Waals surface area contributed by atoms with Gasteiger partial charge in [0.2, 0.25) is 5.91 Å². The Bertz CT molecular complexity index is 534. The van der Waals surface area contributed by atoms with Crippen LogP contribution in [0, 0.1) is 0 Å². The van der Waals surface area contributed by atoms with Crippen LogP contribution in [0.4, 0.5) is 0 Å². The number of ether oxygens (including phenoxy) is 1. The van der Waals surface area contributed by atoms with Gasteiger partial charge in [-0.1, -0.05) is 18.2 Å². The van der Waals surface area contributed by atoms with Crippen LogP contribution in [-0.4, -0.2) is 67.6 Å². The van der Waals surface area contributed by atoms with Gasteiger partial charge in [-0.15, -0.1) is 0 Å². The summed E-state index contributed by atoms with van der Waals surface area (Å²) in [6, 6.07) is 8.70. The van der Waals surface area contributed by atoms with Crippen LogP contribution in [0.1, 0.15) is 12.8 Å². The first-order valence-electron chi connectivity index (χ1n) is 8.66. The SMILES string of the molecule is CSCCC(NC(=O)COc1ccccc1)C(=O)N1CCCNCC1. The molecule has 138 valence electrons. The number of carbonyl (C=O) groups is 2. The monoisotopic (exact) mass is 365 g/mol. The van der Waals surface area contributed by atoms with Crippen LogP contribution < -0.4 is 15.4 Å². The van der Waals surface area contributed by atoms with Crippen LogP contribution in [0.3, 0.4) is 0 Å². The Morgan fingerprint density at radius 1 is 1.28 bits per heavy atom. The molecule has 1 saturated heterocycles. The third kappa shape index (κ3) is 6.96. The number of carbonyl (C=O) groups excluding carboxylic acids is 2. The number of nitrogens with zero attached hydrogens (tertiary/aromatic N) is 1. The fourth-order valence-corrected chi connectivity index (χ4v) is 3.15. The van der Waals surface area contributed by atoms with E-state index in [1.165, 1.54) is 0 Å². The van der Waals surface area contributed by atoms with Crippen LogP contribution in [0.5, 0.6) is 5.75 Å². The van der Waals surface area contributed by atoms with Gasteiger partial charge in [0.1, 0.15) is 11.8 Å². The van der Waals surface area contributed by atoms with Crippen LogP contribution >= 0.6 is 11.8 Å². The summed E-state index contributed by atoms with van der Waals surface area (Å²) in [6.07, 6.45) is 3.56. The molecule has 0 saturated carbocycles. The average molecular weight is 365 g/mol. The Labute approximate surface area is 153 Å². The van der Waals surface area contributed by atoms with Gasteiger partial charge in [0, 0.05) is 19.6 Å². The smallest absolute Gasteiger partial charge is 0.258 e. The van der Waals surface area contributed by atoms with Gasteiger partial charge in [0.25, 0.3) is 5.91 Å². The molecule has 0 bridgehead atoms. The molecule has 6 nitrogen and oxygen atoms in total. The second-order valence-electron chi connectivity index (χ2n) is 5.93. The normalized spacial score (nSPS) is 16.0. The predicted molar refractivity (Wildman–Crippen MR) is 101 cm³/mol. The van der Waals surface area contributed by atoms with E-state index in [1.54, 1.807) is 23.9 Å². The summed E-state index contributed by atoms with van der Waals surface area (Å²) in [5.41, 5.74) is 0. The molecule has 0 radical (unpaired) electrons. The van der Waals surface area contributed by atoms with E-state index in [0.29, 0.717) is 18.7 Å². The lowest BCUT2D eigenvalue weighted by atomic mass is 10.2. The van der Waals surface area contributed by atoms with Crippen molar-refractivity contribution in [1.82, 2.24) is 15.5 Å². The molecule has 25 heavy (non-hydrogen) atoms. The van der Waals surface area contributed by atoms with Gasteiger partial charge in [0.05, 0.1) is 0 Å². The number of hydrogen-bond donors (Lipinski definition) is 2. The lowest BCUT2D eigenvalue weighted by Crippen LogP contribution is -2.50. The van der Waals surface area contributed by atoms with Gasteiger partial charge >= 0.3 is 0 Å². The number of rotatable bonds is 8. The number of amides is 2. The highest BCUT2D eigenvalue weighted by molar-refractivity contribution is 7.98. The van der Waals surface area contributed by atoms with Crippen LogP contribution in [-0.2, 0) is 9.59 Å². The van der Waals surface area contributed by atoms with E-state index in [4.69, 9.17) is 4.74 Å². The maximum absolute atomic E-state index is 12.8. The molecule has 2 amide bonds. The first-order chi connectivity index (χ1) is 12.2. The van der Waals surface area contributed by atoms with Crippen molar-refractivity contribution in [3.8, 4) is 5.75 Å². The van der Waals surface area contributed by atoms with Gasteiger partial charge in [-0.3, -0.25) is 9.59 Å². The summed E-state index contributed by atoms with van der Waals surface area (Å²) in [5.74, 6) is 1.20. The van der Waals surface area contributed by atoms with Crippen LogP contribution in [0.15, 0.2) is 30.3 Å². The Morgan fingerprint density at radius 3 is 2.84 bits per heavy atom. The molecule has 1 heterocycles. The van der Waals surface area contributed by atoms with Gasteiger partial charge in [-0.25, -0.2) is 0 Å². The number of para-hydroxylation sites is 1. The van der Waals surface area contributed by atoms with Crippen molar-refractivity contribution in [3.63, 3.8) is 0 Å². The molecular weight excluding hydrogens is 338 g/mol.